The van der Waals surface area contributed by atoms with E-state index in [4.69, 9.17) is 9.47 Å². The molecule has 9 heteroatoms. The third-order valence-corrected chi connectivity index (χ3v) is 8.05. The minimum Gasteiger partial charge on any atom is -0.493 e. The lowest BCUT2D eigenvalue weighted by molar-refractivity contribution is 0.298. The average Bonchev–Trinajstić information content (AvgIpc) is 3.38. The summed E-state index contributed by atoms with van der Waals surface area (Å²) in [5.74, 6) is 0.265. The highest BCUT2D eigenvalue weighted by molar-refractivity contribution is 7.89. The van der Waals surface area contributed by atoms with Crippen molar-refractivity contribution in [3.63, 3.8) is 0 Å². The van der Waals surface area contributed by atoms with Gasteiger partial charge in [-0.2, -0.15) is 4.31 Å². The topological polar surface area (TPSA) is 68.7 Å². The number of rotatable bonds is 11. The molecule has 0 aliphatic rings. The van der Waals surface area contributed by atoms with E-state index in [0.717, 1.165) is 12.5 Å². The van der Waals surface area contributed by atoms with Gasteiger partial charge in [0.25, 0.3) is 0 Å². The highest BCUT2D eigenvalue weighted by atomic mass is 32.2. The van der Waals surface area contributed by atoms with Crippen molar-refractivity contribution < 1.29 is 22.3 Å². The van der Waals surface area contributed by atoms with Crippen molar-refractivity contribution in [3.05, 3.63) is 106 Å². The molecule has 0 saturated heterocycles. The van der Waals surface area contributed by atoms with E-state index in [2.05, 4.69) is 11.1 Å². The van der Waals surface area contributed by atoms with E-state index in [1.807, 2.05) is 11.4 Å². The molecule has 0 bridgehead atoms. The number of sulfonamides is 1. The second-order valence-corrected chi connectivity index (χ2v) is 10.6. The van der Waals surface area contributed by atoms with Gasteiger partial charge >= 0.3 is 0 Å². The molecule has 0 unspecified atom stereocenters. The van der Waals surface area contributed by atoms with E-state index in [-0.39, 0.29) is 18.0 Å². The number of methoxy groups -OCH3 is 1. The fourth-order valence-electron chi connectivity index (χ4n) is 3.54. The van der Waals surface area contributed by atoms with Crippen molar-refractivity contribution in [2.45, 2.75) is 24.4 Å². The highest BCUT2D eigenvalue weighted by Gasteiger charge is 2.28. The molecule has 0 amide bonds. The number of halogens is 1. The quantitative estimate of drug-likeness (QED) is 0.273. The van der Waals surface area contributed by atoms with Crippen LogP contribution in [0.15, 0.2) is 89.3 Å². The number of thiophene rings is 1. The Bertz CT molecular complexity index is 1350. The third kappa shape index (κ3) is 6.25. The second-order valence-electron chi connectivity index (χ2n) is 7.69. The summed E-state index contributed by atoms with van der Waals surface area (Å²) < 4.78 is 53.9. The van der Waals surface area contributed by atoms with E-state index in [0.29, 0.717) is 29.4 Å². The molecule has 0 aliphatic carbocycles. The zero-order valence-electron chi connectivity index (χ0n) is 19.1. The summed E-state index contributed by atoms with van der Waals surface area (Å²) in [6.45, 7) is 0.474. The molecule has 6 nitrogen and oxygen atoms in total. The van der Waals surface area contributed by atoms with Gasteiger partial charge in [0.05, 0.1) is 26.0 Å². The molecule has 0 spiro atoms. The Morgan fingerprint density at radius 2 is 1.80 bits per heavy atom. The Balaban J connectivity index is 1.58. The maximum Gasteiger partial charge on any atom is 0.246 e. The lowest BCUT2D eigenvalue weighted by Crippen LogP contribution is -2.31. The summed E-state index contributed by atoms with van der Waals surface area (Å²) in [4.78, 5) is 5.10. The molecule has 2 aromatic heterocycles. The first-order valence-electron chi connectivity index (χ1n) is 10.9. The zero-order valence-corrected chi connectivity index (χ0v) is 20.8. The fraction of sp³-hybridized carbons (Fsp3) is 0.192. The SMILES string of the molecule is COc1cc(CN(Cc2ccccn2)S(=O)(=O)c2ccccc2F)ccc1OCCc1cccs1. The molecule has 4 rings (SSSR count). The van der Waals surface area contributed by atoms with Gasteiger partial charge in [-0.25, -0.2) is 12.8 Å². The minimum absolute atomic E-state index is 0.000915. The van der Waals surface area contributed by atoms with Crippen LogP contribution in [0.25, 0.3) is 0 Å². The third-order valence-electron chi connectivity index (χ3n) is 5.29. The molecule has 35 heavy (non-hydrogen) atoms. The number of hydrogen-bond donors (Lipinski definition) is 0. The van der Waals surface area contributed by atoms with Gasteiger partial charge in [-0.15, -0.1) is 11.3 Å². The molecule has 182 valence electrons. The number of ether oxygens (including phenoxy) is 2. The number of aromatic nitrogens is 1. The van der Waals surface area contributed by atoms with Crippen molar-refractivity contribution in [2.24, 2.45) is 0 Å². The maximum absolute atomic E-state index is 14.5. The van der Waals surface area contributed by atoms with Crippen molar-refractivity contribution in [2.75, 3.05) is 13.7 Å². The largest absolute Gasteiger partial charge is 0.493 e. The van der Waals surface area contributed by atoms with Gasteiger partial charge in [-0.1, -0.05) is 30.3 Å². The minimum atomic E-state index is -4.15. The zero-order chi connectivity index (χ0) is 24.7. The van der Waals surface area contributed by atoms with E-state index < -0.39 is 15.8 Å². The molecular formula is C26H25FN2O4S2. The summed E-state index contributed by atoms with van der Waals surface area (Å²) in [6, 6.07) is 20.0. The van der Waals surface area contributed by atoms with Crippen LogP contribution >= 0.6 is 11.3 Å². The Labute approximate surface area is 208 Å². The molecule has 0 N–H and O–H groups in total. The van der Waals surface area contributed by atoms with Gasteiger partial charge in [0, 0.05) is 24.0 Å². The Morgan fingerprint density at radius 3 is 2.51 bits per heavy atom. The second kappa shape index (κ2) is 11.4. The summed E-state index contributed by atoms with van der Waals surface area (Å²) in [5.41, 5.74) is 1.22. The molecule has 0 saturated carbocycles. The molecule has 0 atom stereocenters. The molecular weight excluding hydrogens is 487 g/mol. The number of benzene rings is 2. The van der Waals surface area contributed by atoms with Crippen LogP contribution in [0.5, 0.6) is 11.5 Å². The summed E-state index contributed by atoms with van der Waals surface area (Å²) in [7, 11) is -2.61. The Kier molecular flexibility index (Phi) is 8.12. The van der Waals surface area contributed by atoms with Crippen LogP contribution in [0.1, 0.15) is 16.1 Å². The summed E-state index contributed by atoms with van der Waals surface area (Å²) in [5, 5.41) is 2.02. The molecule has 4 aromatic rings. The Morgan fingerprint density at radius 1 is 0.971 bits per heavy atom. The van der Waals surface area contributed by atoms with Crippen molar-refractivity contribution in [1.82, 2.24) is 9.29 Å². The normalized spacial score (nSPS) is 11.5. The van der Waals surface area contributed by atoms with Crippen molar-refractivity contribution in [3.8, 4) is 11.5 Å². The number of nitrogens with zero attached hydrogens (tertiary/aromatic N) is 2. The van der Waals surface area contributed by atoms with Gasteiger partial charge in [0.1, 0.15) is 10.7 Å². The first-order valence-corrected chi connectivity index (χ1v) is 13.3. The molecule has 2 heterocycles. The van der Waals surface area contributed by atoms with E-state index >= 15 is 0 Å². The van der Waals surface area contributed by atoms with Crippen LogP contribution in [0.2, 0.25) is 0 Å². The van der Waals surface area contributed by atoms with E-state index in [9.17, 15) is 12.8 Å². The Hall–Kier alpha value is -3.27. The van der Waals surface area contributed by atoms with Gasteiger partial charge in [0.2, 0.25) is 10.0 Å². The molecule has 0 aliphatic heterocycles. The number of hydrogen-bond acceptors (Lipinski definition) is 6. The smallest absolute Gasteiger partial charge is 0.246 e. The average molecular weight is 513 g/mol. The van der Waals surface area contributed by atoms with Gasteiger partial charge < -0.3 is 9.47 Å². The van der Waals surface area contributed by atoms with Crippen LogP contribution in [-0.4, -0.2) is 31.4 Å². The van der Waals surface area contributed by atoms with Crippen molar-refractivity contribution in [1.29, 1.82) is 0 Å². The van der Waals surface area contributed by atoms with Crippen LogP contribution in [-0.2, 0) is 29.5 Å². The van der Waals surface area contributed by atoms with Gasteiger partial charge in [-0.05, 0) is 53.4 Å². The van der Waals surface area contributed by atoms with Gasteiger partial charge in [0.15, 0.2) is 11.5 Å². The lowest BCUT2D eigenvalue weighted by atomic mass is 10.2. The summed E-state index contributed by atoms with van der Waals surface area (Å²) >= 11 is 1.67. The van der Waals surface area contributed by atoms with Crippen LogP contribution in [0.3, 0.4) is 0 Å². The predicted molar refractivity (Wildman–Crippen MR) is 134 cm³/mol. The maximum atomic E-state index is 14.5. The summed E-state index contributed by atoms with van der Waals surface area (Å²) in [6.07, 6.45) is 2.37. The van der Waals surface area contributed by atoms with Crippen LogP contribution in [0, 0.1) is 5.82 Å². The van der Waals surface area contributed by atoms with Gasteiger partial charge in [-0.3, -0.25) is 4.98 Å². The first kappa shape index (κ1) is 24.8. The van der Waals surface area contributed by atoms with E-state index in [1.54, 1.807) is 53.9 Å². The van der Waals surface area contributed by atoms with Crippen molar-refractivity contribution >= 4 is 21.4 Å². The molecule has 0 radical (unpaired) electrons. The standard InChI is InChI=1S/C26H25FN2O4S2/c1-32-25-17-20(11-12-24(25)33-15-13-22-8-6-16-34-22)18-29(19-21-7-4-5-14-28-21)35(30,31)26-10-3-2-9-23(26)27/h2-12,14,16-17H,13,15,18-19H2,1H3. The highest BCUT2D eigenvalue weighted by Crippen LogP contribution is 2.30. The van der Waals surface area contributed by atoms with Crippen LogP contribution in [0.4, 0.5) is 4.39 Å². The fourth-order valence-corrected chi connectivity index (χ4v) is 5.70. The lowest BCUT2D eigenvalue weighted by Gasteiger charge is -2.23. The monoisotopic (exact) mass is 512 g/mol. The van der Waals surface area contributed by atoms with Crippen LogP contribution < -0.4 is 9.47 Å². The molecule has 2 aromatic carbocycles. The first-order chi connectivity index (χ1) is 17.0. The predicted octanol–water partition coefficient (Wildman–Crippen LogP) is 5.30. The molecule has 0 fully saturated rings. The van der Waals surface area contributed by atoms with E-state index in [1.165, 1.54) is 34.5 Å². The number of pyridine rings is 1.